The van der Waals surface area contributed by atoms with Crippen LogP contribution in [0.25, 0.3) is 0 Å². The Hall–Kier alpha value is -1.94. The molecular formula is C16H21N3O. The molecule has 4 heteroatoms. The van der Waals surface area contributed by atoms with Gasteiger partial charge in [-0.3, -0.25) is 0 Å². The Morgan fingerprint density at radius 2 is 1.90 bits per heavy atom. The molecule has 106 valence electrons. The highest BCUT2D eigenvalue weighted by Gasteiger charge is 2.15. The Morgan fingerprint density at radius 1 is 1.10 bits per heavy atom. The van der Waals surface area contributed by atoms with Crippen LogP contribution in [0.15, 0.2) is 30.3 Å². The minimum absolute atomic E-state index is 0.0534. The minimum Gasteiger partial charge on any atom is -0.480 e. The predicted molar refractivity (Wildman–Crippen MR) is 80.0 cm³/mol. The average molecular weight is 271 g/mol. The summed E-state index contributed by atoms with van der Waals surface area (Å²) in [5.74, 6) is 0.532. The molecule has 0 aliphatic heterocycles. The summed E-state index contributed by atoms with van der Waals surface area (Å²) in [5.41, 5.74) is 4.68. The number of nitrogens with one attached hydrogen (secondary N) is 1. The fraction of sp³-hybridized carbons (Fsp3) is 0.375. The topological polar surface area (TPSA) is 47.0 Å². The first-order valence-corrected chi connectivity index (χ1v) is 6.83. The van der Waals surface area contributed by atoms with Gasteiger partial charge in [-0.2, -0.15) is 0 Å². The summed E-state index contributed by atoms with van der Waals surface area (Å²) >= 11 is 0. The molecule has 0 aliphatic rings. The molecule has 1 atom stereocenters. The summed E-state index contributed by atoms with van der Waals surface area (Å²) in [6.07, 6.45) is 0. The zero-order valence-electron chi connectivity index (χ0n) is 12.5. The van der Waals surface area contributed by atoms with Crippen LogP contribution in [0.4, 0.5) is 0 Å². The van der Waals surface area contributed by atoms with Crippen LogP contribution in [0.2, 0.25) is 0 Å². The molecule has 2 aromatic rings. The minimum atomic E-state index is 0.0534. The van der Waals surface area contributed by atoms with Crippen LogP contribution in [0.5, 0.6) is 5.88 Å². The van der Waals surface area contributed by atoms with E-state index in [0.717, 1.165) is 12.2 Å². The maximum atomic E-state index is 5.06. The van der Waals surface area contributed by atoms with E-state index in [1.807, 2.05) is 12.1 Å². The molecule has 1 aromatic heterocycles. The molecular weight excluding hydrogens is 250 g/mol. The number of rotatable bonds is 5. The highest BCUT2D eigenvalue weighted by Crippen LogP contribution is 2.23. The summed E-state index contributed by atoms with van der Waals surface area (Å²) in [5, 5.41) is 11.8. The second-order valence-corrected chi connectivity index (χ2v) is 4.83. The molecule has 0 saturated heterocycles. The third-order valence-electron chi connectivity index (χ3n) is 3.44. The highest BCUT2D eigenvalue weighted by molar-refractivity contribution is 5.35. The molecule has 1 N–H and O–H groups in total. The van der Waals surface area contributed by atoms with Gasteiger partial charge >= 0.3 is 0 Å². The lowest BCUT2D eigenvalue weighted by Gasteiger charge is -2.18. The second kappa shape index (κ2) is 6.48. The van der Waals surface area contributed by atoms with Gasteiger partial charge in [-0.1, -0.05) is 25.1 Å². The number of hydrogen-bond donors (Lipinski definition) is 1. The average Bonchev–Trinajstić information content (AvgIpc) is 2.48. The highest BCUT2D eigenvalue weighted by atomic mass is 16.5. The number of aryl methyl sites for hydroxylation is 2. The van der Waals surface area contributed by atoms with Gasteiger partial charge in [-0.25, -0.2) is 0 Å². The first-order valence-electron chi connectivity index (χ1n) is 6.83. The molecule has 0 aliphatic carbocycles. The smallest absolute Gasteiger partial charge is 0.233 e. The lowest BCUT2D eigenvalue weighted by atomic mass is 9.99. The van der Waals surface area contributed by atoms with Crippen LogP contribution in [-0.2, 0) is 0 Å². The number of ether oxygens (including phenoxy) is 1. The normalized spacial score (nSPS) is 12.2. The van der Waals surface area contributed by atoms with Crippen LogP contribution in [0, 0.1) is 13.8 Å². The van der Waals surface area contributed by atoms with Crippen LogP contribution in [-0.4, -0.2) is 23.9 Å². The summed E-state index contributed by atoms with van der Waals surface area (Å²) < 4.78 is 5.06. The van der Waals surface area contributed by atoms with Gasteiger partial charge in [0.2, 0.25) is 5.88 Å². The van der Waals surface area contributed by atoms with Crippen molar-refractivity contribution < 1.29 is 4.74 Å². The third kappa shape index (κ3) is 3.14. The van der Waals surface area contributed by atoms with E-state index in [4.69, 9.17) is 4.74 Å². The van der Waals surface area contributed by atoms with Crippen molar-refractivity contribution in [3.05, 3.63) is 52.7 Å². The van der Waals surface area contributed by atoms with Gasteiger partial charge in [0, 0.05) is 6.07 Å². The number of hydrogen-bond acceptors (Lipinski definition) is 4. The largest absolute Gasteiger partial charge is 0.480 e. The SMILES string of the molecule is CCNC(c1ccc(C)c(C)c1)c1ccc(OC)nn1. The molecule has 0 radical (unpaired) electrons. The number of methoxy groups -OCH3 is 1. The van der Waals surface area contributed by atoms with Gasteiger partial charge in [-0.05, 0) is 43.1 Å². The molecule has 0 saturated carbocycles. The first-order chi connectivity index (χ1) is 9.65. The van der Waals surface area contributed by atoms with E-state index >= 15 is 0 Å². The van der Waals surface area contributed by atoms with Crippen LogP contribution < -0.4 is 10.1 Å². The van der Waals surface area contributed by atoms with E-state index in [1.54, 1.807) is 7.11 Å². The zero-order chi connectivity index (χ0) is 14.5. The van der Waals surface area contributed by atoms with Gasteiger partial charge < -0.3 is 10.1 Å². The zero-order valence-corrected chi connectivity index (χ0v) is 12.5. The Labute approximate surface area is 120 Å². The standard InChI is InChI=1S/C16H21N3O/c1-5-17-16(13-7-6-11(2)12(3)10-13)14-8-9-15(20-4)19-18-14/h6-10,16-17H,5H2,1-4H3. The Balaban J connectivity index is 2.35. The van der Waals surface area contributed by atoms with Crippen molar-refractivity contribution in [2.75, 3.05) is 13.7 Å². The van der Waals surface area contributed by atoms with Gasteiger partial charge in [0.05, 0.1) is 18.8 Å². The second-order valence-electron chi connectivity index (χ2n) is 4.83. The van der Waals surface area contributed by atoms with Crippen molar-refractivity contribution in [3.8, 4) is 5.88 Å². The van der Waals surface area contributed by atoms with Gasteiger partial charge in [0.15, 0.2) is 0 Å². The van der Waals surface area contributed by atoms with E-state index in [2.05, 4.69) is 54.5 Å². The summed E-state index contributed by atoms with van der Waals surface area (Å²) in [7, 11) is 1.59. The van der Waals surface area contributed by atoms with Crippen molar-refractivity contribution in [1.82, 2.24) is 15.5 Å². The molecule has 1 aromatic carbocycles. The van der Waals surface area contributed by atoms with Crippen LogP contribution >= 0.6 is 0 Å². The molecule has 0 spiro atoms. The van der Waals surface area contributed by atoms with Gasteiger partial charge in [-0.15, -0.1) is 10.2 Å². The lowest BCUT2D eigenvalue weighted by molar-refractivity contribution is 0.390. The molecule has 0 bridgehead atoms. The van der Waals surface area contributed by atoms with Crippen molar-refractivity contribution in [1.29, 1.82) is 0 Å². The molecule has 0 amide bonds. The third-order valence-corrected chi connectivity index (χ3v) is 3.44. The van der Waals surface area contributed by atoms with E-state index in [9.17, 15) is 0 Å². The summed E-state index contributed by atoms with van der Waals surface area (Å²) in [6, 6.07) is 10.3. The Morgan fingerprint density at radius 3 is 2.45 bits per heavy atom. The fourth-order valence-electron chi connectivity index (χ4n) is 2.13. The van der Waals surface area contributed by atoms with Crippen molar-refractivity contribution in [2.24, 2.45) is 0 Å². The fourth-order valence-corrected chi connectivity index (χ4v) is 2.13. The van der Waals surface area contributed by atoms with Crippen LogP contribution in [0.1, 0.15) is 35.3 Å². The number of nitrogens with zero attached hydrogens (tertiary/aromatic N) is 2. The molecule has 0 fully saturated rings. The summed E-state index contributed by atoms with van der Waals surface area (Å²) in [6.45, 7) is 7.20. The first kappa shape index (κ1) is 14.5. The van der Waals surface area contributed by atoms with E-state index < -0.39 is 0 Å². The predicted octanol–water partition coefficient (Wildman–Crippen LogP) is 2.80. The molecule has 20 heavy (non-hydrogen) atoms. The quantitative estimate of drug-likeness (QED) is 0.908. The lowest BCUT2D eigenvalue weighted by Crippen LogP contribution is -2.23. The van der Waals surface area contributed by atoms with Crippen molar-refractivity contribution in [2.45, 2.75) is 26.8 Å². The van der Waals surface area contributed by atoms with Crippen molar-refractivity contribution >= 4 is 0 Å². The Bertz CT molecular complexity index is 566. The summed E-state index contributed by atoms with van der Waals surface area (Å²) in [4.78, 5) is 0. The molecule has 1 heterocycles. The number of aromatic nitrogens is 2. The van der Waals surface area contributed by atoms with E-state index in [0.29, 0.717) is 5.88 Å². The maximum absolute atomic E-state index is 5.06. The van der Waals surface area contributed by atoms with Gasteiger partial charge in [0.1, 0.15) is 0 Å². The maximum Gasteiger partial charge on any atom is 0.233 e. The van der Waals surface area contributed by atoms with Crippen LogP contribution in [0.3, 0.4) is 0 Å². The monoisotopic (exact) mass is 271 g/mol. The number of benzene rings is 1. The van der Waals surface area contributed by atoms with E-state index in [-0.39, 0.29) is 6.04 Å². The Kier molecular flexibility index (Phi) is 4.69. The van der Waals surface area contributed by atoms with E-state index in [1.165, 1.54) is 16.7 Å². The molecule has 4 nitrogen and oxygen atoms in total. The van der Waals surface area contributed by atoms with Gasteiger partial charge in [0.25, 0.3) is 0 Å². The molecule has 1 unspecified atom stereocenters. The van der Waals surface area contributed by atoms with Crippen molar-refractivity contribution in [3.63, 3.8) is 0 Å². The molecule has 2 rings (SSSR count).